The van der Waals surface area contributed by atoms with Crippen LogP contribution in [0.1, 0.15) is 15.9 Å². The summed E-state index contributed by atoms with van der Waals surface area (Å²) >= 11 is 0. The molecule has 0 spiro atoms. The number of nitro groups is 1. The largest absolute Gasteiger partial charge is 0.497 e. The van der Waals surface area contributed by atoms with Gasteiger partial charge in [0.15, 0.2) is 5.58 Å². The Morgan fingerprint density at radius 1 is 1.13 bits per heavy atom. The smallest absolute Gasteiger partial charge is 0.270 e. The van der Waals surface area contributed by atoms with Crippen LogP contribution in [0.3, 0.4) is 0 Å². The van der Waals surface area contributed by atoms with Gasteiger partial charge in [-0.25, -0.2) is 4.98 Å². The van der Waals surface area contributed by atoms with Gasteiger partial charge in [0.25, 0.3) is 11.6 Å². The molecule has 1 heterocycles. The molecule has 0 saturated carbocycles. The molecule has 1 aromatic heterocycles. The number of carbonyl (C=O) groups is 1. The van der Waals surface area contributed by atoms with Crippen LogP contribution in [0.4, 0.5) is 11.4 Å². The first-order valence-corrected chi connectivity index (χ1v) is 9.06. The van der Waals surface area contributed by atoms with Crippen LogP contribution in [0, 0.1) is 17.0 Å². The number of anilines is 1. The monoisotopic (exact) mass is 403 g/mol. The van der Waals surface area contributed by atoms with Crippen LogP contribution < -0.4 is 10.1 Å². The summed E-state index contributed by atoms with van der Waals surface area (Å²) in [4.78, 5) is 27.5. The standard InChI is InChI=1S/C22H17N3O5/c1-13-6-7-15(22-24-19-12-17(29-2)8-9-20(19)30-22)11-18(13)23-21(26)14-4-3-5-16(10-14)25(27)28/h3-12H,1-2H3,(H,23,26). The number of ether oxygens (including phenoxy) is 1. The average Bonchev–Trinajstić information content (AvgIpc) is 3.18. The van der Waals surface area contributed by atoms with Crippen molar-refractivity contribution < 1.29 is 18.9 Å². The molecule has 0 unspecified atom stereocenters. The van der Waals surface area contributed by atoms with Crippen LogP contribution in [0.25, 0.3) is 22.6 Å². The van der Waals surface area contributed by atoms with Crippen LogP contribution in [0.15, 0.2) is 65.1 Å². The zero-order valence-corrected chi connectivity index (χ0v) is 16.2. The second-order valence-corrected chi connectivity index (χ2v) is 6.64. The van der Waals surface area contributed by atoms with Crippen molar-refractivity contribution in [2.24, 2.45) is 0 Å². The zero-order valence-electron chi connectivity index (χ0n) is 16.2. The maximum atomic E-state index is 12.6. The van der Waals surface area contributed by atoms with Crippen LogP contribution in [-0.2, 0) is 0 Å². The summed E-state index contributed by atoms with van der Waals surface area (Å²) in [7, 11) is 1.58. The molecule has 0 radical (unpaired) electrons. The topological polar surface area (TPSA) is 108 Å². The molecular weight excluding hydrogens is 386 g/mol. The van der Waals surface area contributed by atoms with Gasteiger partial charge in [-0.3, -0.25) is 14.9 Å². The summed E-state index contributed by atoms with van der Waals surface area (Å²) in [6.07, 6.45) is 0. The Labute approximate surface area is 171 Å². The van der Waals surface area contributed by atoms with Gasteiger partial charge < -0.3 is 14.5 Å². The molecule has 150 valence electrons. The predicted molar refractivity (Wildman–Crippen MR) is 112 cm³/mol. The normalized spacial score (nSPS) is 10.7. The SMILES string of the molecule is COc1ccc2oc(-c3ccc(C)c(NC(=O)c4cccc([N+](=O)[O-])c4)c3)nc2c1. The number of rotatable bonds is 5. The molecule has 0 saturated heterocycles. The Morgan fingerprint density at radius 3 is 2.73 bits per heavy atom. The van der Waals surface area contributed by atoms with Gasteiger partial charge in [-0.1, -0.05) is 12.1 Å². The molecule has 4 aromatic rings. The van der Waals surface area contributed by atoms with Crippen molar-refractivity contribution in [1.82, 2.24) is 4.98 Å². The van der Waals surface area contributed by atoms with Crippen LogP contribution in [0.2, 0.25) is 0 Å². The molecular formula is C22H17N3O5. The predicted octanol–water partition coefficient (Wildman–Crippen LogP) is 4.97. The molecule has 0 bridgehead atoms. The van der Waals surface area contributed by atoms with E-state index >= 15 is 0 Å². The van der Waals surface area contributed by atoms with Crippen molar-refractivity contribution in [3.8, 4) is 17.2 Å². The number of methoxy groups -OCH3 is 1. The van der Waals surface area contributed by atoms with Gasteiger partial charge in [-0.05, 0) is 42.8 Å². The van der Waals surface area contributed by atoms with Gasteiger partial charge in [-0.2, -0.15) is 0 Å². The van der Waals surface area contributed by atoms with E-state index in [-0.39, 0.29) is 11.3 Å². The highest BCUT2D eigenvalue weighted by molar-refractivity contribution is 6.05. The fourth-order valence-electron chi connectivity index (χ4n) is 3.00. The number of fused-ring (bicyclic) bond motifs is 1. The van der Waals surface area contributed by atoms with E-state index in [1.165, 1.54) is 24.3 Å². The Bertz CT molecular complexity index is 1280. The van der Waals surface area contributed by atoms with Crippen molar-refractivity contribution in [2.75, 3.05) is 12.4 Å². The molecule has 0 aliphatic carbocycles. The fourth-order valence-corrected chi connectivity index (χ4v) is 3.00. The molecule has 0 fully saturated rings. The van der Waals surface area contributed by atoms with Crippen LogP contribution in [-0.4, -0.2) is 22.9 Å². The van der Waals surface area contributed by atoms with Gasteiger partial charge in [0.05, 0.1) is 12.0 Å². The number of nitro benzene ring substituents is 1. The number of hydrogen-bond donors (Lipinski definition) is 1. The highest BCUT2D eigenvalue weighted by atomic mass is 16.6. The maximum Gasteiger partial charge on any atom is 0.270 e. The molecule has 3 aromatic carbocycles. The number of nitrogens with one attached hydrogen (secondary N) is 1. The van der Waals surface area contributed by atoms with Crippen molar-refractivity contribution >= 4 is 28.4 Å². The van der Waals surface area contributed by atoms with Gasteiger partial charge in [0.1, 0.15) is 11.3 Å². The Balaban J connectivity index is 1.64. The van der Waals surface area contributed by atoms with E-state index in [1.54, 1.807) is 31.4 Å². The first kappa shape index (κ1) is 19.1. The number of non-ortho nitro benzene ring substituents is 1. The van der Waals surface area contributed by atoms with Gasteiger partial charge in [0.2, 0.25) is 5.89 Å². The van der Waals surface area contributed by atoms with E-state index in [2.05, 4.69) is 10.3 Å². The third-order valence-corrected chi connectivity index (χ3v) is 4.65. The van der Waals surface area contributed by atoms with E-state index in [0.717, 1.165) is 5.56 Å². The third-order valence-electron chi connectivity index (χ3n) is 4.65. The number of amides is 1. The number of hydrogen-bond acceptors (Lipinski definition) is 6. The number of nitrogens with zero attached hydrogens (tertiary/aromatic N) is 2. The summed E-state index contributed by atoms with van der Waals surface area (Å²) in [6.45, 7) is 1.85. The summed E-state index contributed by atoms with van der Waals surface area (Å²) < 4.78 is 11.0. The second-order valence-electron chi connectivity index (χ2n) is 6.64. The first-order valence-electron chi connectivity index (χ1n) is 9.06. The molecule has 1 N–H and O–H groups in total. The van der Waals surface area contributed by atoms with Crippen molar-refractivity contribution in [1.29, 1.82) is 0 Å². The number of benzene rings is 3. The molecule has 1 amide bonds. The van der Waals surface area contributed by atoms with Gasteiger partial charge in [0, 0.05) is 35.0 Å². The number of aromatic nitrogens is 1. The quantitative estimate of drug-likeness (QED) is 0.372. The Kier molecular flexibility index (Phi) is 4.89. The molecule has 0 aliphatic heterocycles. The molecule has 0 atom stereocenters. The first-order chi connectivity index (χ1) is 14.4. The Hall–Kier alpha value is -4.20. The van der Waals surface area contributed by atoms with Crippen LogP contribution >= 0.6 is 0 Å². The molecule has 30 heavy (non-hydrogen) atoms. The van der Waals surface area contributed by atoms with Gasteiger partial charge in [-0.15, -0.1) is 0 Å². The molecule has 8 nitrogen and oxygen atoms in total. The molecule has 8 heteroatoms. The third kappa shape index (κ3) is 3.70. The van der Waals surface area contributed by atoms with E-state index in [0.29, 0.717) is 34.0 Å². The number of oxazole rings is 1. The Morgan fingerprint density at radius 2 is 1.97 bits per heavy atom. The number of carbonyl (C=O) groups excluding carboxylic acids is 1. The van der Waals surface area contributed by atoms with E-state index in [4.69, 9.17) is 9.15 Å². The zero-order chi connectivity index (χ0) is 21.3. The van der Waals surface area contributed by atoms with E-state index in [9.17, 15) is 14.9 Å². The average molecular weight is 403 g/mol. The lowest BCUT2D eigenvalue weighted by atomic mass is 10.1. The highest BCUT2D eigenvalue weighted by Crippen LogP contribution is 2.30. The fraction of sp³-hybridized carbons (Fsp3) is 0.0909. The highest BCUT2D eigenvalue weighted by Gasteiger charge is 2.15. The summed E-state index contributed by atoms with van der Waals surface area (Å²) in [5.41, 5.74) is 3.41. The lowest BCUT2D eigenvalue weighted by Gasteiger charge is -2.09. The number of aryl methyl sites for hydroxylation is 1. The van der Waals surface area contributed by atoms with Crippen molar-refractivity contribution in [3.63, 3.8) is 0 Å². The summed E-state index contributed by atoms with van der Waals surface area (Å²) in [6, 6.07) is 16.4. The van der Waals surface area contributed by atoms with Gasteiger partial charge >= 0.3 is 0 Å². The second kappa shape index (κ2) is 7.67. The minimum atomic E-state index is -0.537. The van der Waals surface area contributed by atoms with Crippen molar-refractivity contribution in [2.45, 2.75) is 6.92 Å². The minimum Gasteiger partial charge on any atom is -0.497 e. The maximum absolute atomic E-state index is 12.6. The van der Waals surface area contributed by atoms with Crippen LogP contribution in [0.5, 0.6) is 5.75 Å². The summed E-state index contributed by atoms with van der Waals surface area (Å²) in [5.74, 6) is 0.640. The van der Waals surface area contributed by atoms with Crippen molar-refractivity contribution in [3.05, 3.63) is 81.9 Å². The lowest BCUT2D eigenvalue weighted by molar-refractivity contribution is -0.384. The lowest BCUT2D eigenvalue weighted by Crippen LogP contribution is -2.13. The minimum absolute atomic E-state index is 0.143. The van der Waals surface area contributed by atoms with E-state index < -0.39 is 10.8 Å². The van der Waals surface area contributed by atoms with E-state index in [1.807, 2.05) is 19.1 Å². The summed E-state index contributed by atoms with van der Waals surface area (Å²) in [5, 5.41) is 13.8. The molecule has 4 rings (SSSR count). The molecule has 0 aliphatic rings.